The maximum Gasteiger partial charge on any atom is 0.508 e. The third kappa shape index (κ3) is 1.82. The van der Waals surface area contributed by atoms with Crippen molar-refractivity contribution in [1.29, 1.82) is 0 Å². The number of carbonyl (C=O) groups excluding carboxylic acids is 1. The lowest BCUT2D eigenvalue weighted by Crippen LogP contribution is -2.30. The van der Waals surface area contributed by atoms with Gasteiger partial charge in [0.05, 0.1) is 7.11 Å². The fourth-order valence-corrected chi connectivity index (χ4v) is 0.613. The van der Waals surface area contributed by atoms with E-state index < -0.39 is 20.6 Å². The Kier molecular flexibility index (Phi) is 2.49. The van der Waals surface area contributed by atoms with Crippen molar-refractivity contribution in [3.05, 3.63) is 0 Å². The molecule has 4 nitrogen and oxygen atoms in total. The van der Waals surface area contributed by atoms with E-state index in [9.17, 15) is 26.4 Å². The van der Waals surface area contributed by atoms with Crippen LogP contribution in [-0.2, 0) is 14.6 Å². The lowest BCUT2D eigenvalue weighted by Gasteiger charge is -2.03. The van der Waals surface area contributed by atoms with E-state index in [4.69, 9.17) is 0 Å². The van der Waals surface area contributed by atoms with Crippen molar-refractivity contribution in [2.75, 3.05) is 7.11 Å². The zero-order chi connectivity index (χ0) is 9.28. The van der Waals surface area contributed by atoms with Crippen molar-refractivity contribution in [2.45, 2.75) is 5.51 Å². The second-order valence-electron chi connectivity index (χ2n) is 1.40. The summed E-state index contributed by atoms with van der Waals surface area (Å²) in [5.41, 5.74) is -5.58. The largest absolute Gasteiger partial charge is 0.508 e. The summed E-state index contributed by atoms with van der Waals surface area (Å²) >= 11 is 0. The van der Waals surface area contributed by atoms with Crippen LogP contribution in [-0.4, -0.2) is 26.3 Å². The number of halogens is 3. The molecule has 0 spiro atoms. The highest BCUT2D eigenvalue weighted by Crippen LogP contribution is 2.24. The molecule has 0 saturated heterocycles. The van der Waals surface area contributed by atoms with Crippen LogP contribution in [0.5, 0.6) is 0 Å². The van der Waals surface area contributed by atoms with Crippen LogP contribution in [0.4, 0.5) is 18.0 Å². The summed E-state index contributed by atoms with van der Waals surface area (Å²) in [5, 5.41) is -2.30. The molecule has 0 saturated carbocycles. The summed E-state index contributed by atoms with van der Waals surface area (Å²) < 4.78 is 57.5. The number of sulfone groups is 1. The van der Waals surface area contributed by atoms with E-state index in [1.807, 2.05) is 0 Å². The average Bonchev–Trinajstić information content (AvgIpc) is 1.83. The molecule has 66 valence electrons. The van der Waals surface area contributed by atoms with Gasteiger partial charge in [-0.05, 0) is 0 Å². The van der Waals surface area contributed by atoms with Gasteiger partial charge in [0.2, 0.25) is 0 Å². The number of alkyl halides is 3. The van der Waals surface area contributed by atoms with E-state index in [0.717, 1.165) is 0 Å². The minimum Gasteiger partial charge on any atom is -0.457 e. The van der Waals surface area contributed by atoms with Crippen molar-refractivity contribution in [2.24, 2.45) is 0 Å². The minimum absolute atomic E-state index is 0.547. The van der Waals surface area contributed by atoms with Gasteiger partial charge in [0.15, 0.2) is 0 Å². The number of hydrogen-bond donors (Lipinski definition) is 0. The summed E-state index contributed by atoms with van der Waals surface area (Å²) in [7, 11) is -5.24. The smallest absolute Gasteiger partial charge is 0.457 e. The molecule has 0 N–H and O–H groups in total. The highest BCUT2D eigenvalue weighted by molar-refractivity contribution is 8.06. The number of rotatable bonds is 0. The van der Waals surface area contributed by atoms with Crippen LogP contribution < -0.4 is 0 Å². The quantitative estimate of drug-likeness (QED) is 0.529. The molecule has 0 unspecified atom stereocenters. The Labute approximate surface area is 59.9 Å². The monoisotopic (exact) mass is 192 g/mol. The maximum absolute atomic E-state index is 11.4. The van der Waals surface area contributed by atoms with Crippen molar-refractivity contribution in [1.82, 2.24) is 0 Å². The Balaban J connectivity index is 4.93. The molecule has 0 atom stereocenters. The van der Waals surface area contributed by atoms with Crippen LogP contribution in [0.15, 0.2) is 0 Å². The fraction of sp³-hybridized carbons (Fsp3) is 0.667. The maximum atomic E-state index is 11.4. The Morgan fingerprint density at radius 1 is 1.36 bits per heavy atom. The molecule has 0 aromatic carbocycles. The van der Waals surface area contributed by atoms with Gasteiger partial charge >= 0.3 is 20.6 Å². The van der Waals surface area contributed by atoms with E-state index in [-0.39, 0.29) is 0 Å². The molecular weight excluding hydrogens is 189 g/mol. The first kappa shape index (κ1) is 10.2. The molecule has 0 aromatic heterocycles. The van der Waals surface area contributed by atoms with Gasteiger partial charge in [0, 0.05) is 0 Å². The van der Waals surface area contributed by atoms with E-state index >= 15 is 0 Å². The van der Waals surface area contributed by atoms with Crippen LogP contribution in [0.2, 0.25) is 0 Å². The summed E-state index contributed by atoms with van der Waals surface area (Å²) in [6, 6.07) is 0. The van der Waals surface area contributed by atoms with Gasteiger partial charge in [0.1, 0.15) is 0 Å². The first-order valence-corrected chi connectivity index (χ1v) is 3.61. The van der Waals surface area contributed by atoms with Crippen LogP contribution in [0, 0.1) is 0 Å². The lowest BCUT2D eigenvalue weighted by molar-refractivity contribution is -0.0430. The predicted molar refractivity (Wildman–Crippen MR) is 27.4 cm³/mol. The van der Waals surface area contributed by atoms with Gasteiger partial charge in [0.25, 0.3) is 0 Å². The van der Waals surface area contributed by atoms with Crippen LogP contribution in [0.1, 0.15) is 0 Å². The third-order valence-corrected chi connectivity index (χ3v) is 1.91. The van der Waals surface area contributed by atoms with E-state index in [2.05, 4.69) is 4.74 Å². The van der Waals surface area contributed by atoms with Crippen LogP contribution in [0.25, 0.3) is 0 Å². The van der Waals surface area contributed by atoms with Crippen molar-refractivity contribution in [3.8, 4) is 0 Å². The standard InChI is InChI=1S/C3H3F3O4S/c1-10-2(7)11(8,9)3(4,5)6/h1H3. The van der Waals surface area contributed by atoms with E-state index in [1.54, 1.807) is 0 Å². The normalized spacial score (nSPS) is 12.7. The number of methoxy groups -OCH3 is 1. The molecule has 8 heteroatoms. The molecule has 0 radical (unpaired) electrons. The zero-order valence-electron chi connectivity index (χ0n) is 5.18. The Bertz CT molecular complexity index is 250. The number of carbonyl (C=O) groups is 1. The molecule has 0 aliphatic rings. The molecule has 0 amide bonds. The van der Waals surface area contributed by atoms with Gasteiger partial charge in [-0.15, -0.1) is 0 Å². The summed E-state index contributed by atoms with van der Waals surface area (Å²) in [5.74, 6) is 0. The summed E-state index contributed by atoms with van der Waals surface area (Å²) in [6.45, 7) is 0. The SMILES string of the molecule is COC(=O)S(=O)(=O)C(F)(F)F. The van der Waals surface area contributed by atoms with Gasteiger partial charge in [-0.2, -0.15) is 13.2 Å². The highest BCUT2D eigenvalue weighted by atomic mass is 32.2. The molecule has 0 rings (SSSR count). The number of hydrogen-bond acceptors (Lipinski definition) is 4. The number of ether oxygens (including phenoxy) is 1. The molecule has 0 fully saturated rings. The highest BCUT2D eigenvalue weighted by Gasteiger charge is 2.52. The fourth-order valence-electron chi connectivity index (χ4n) is 0.204. The molecule has 0 heterocycles. The van der Waals surface area contributed by atoms with Crippen molar-refractivity contribution in [3.63, 3.8) is 0 Å². The molecule has 0 bridgehead atoms. The third-order valence-electron chi connectivity index (χ3n) is 0.691. The average molecular weight is 192 g/mol. The molecule has 0 aliphatic heterocycles. The van der Waals surface area contributed by atoms with E-state index in [0.29, 0.717) is 7.11 Å². The molecule has 0 aliphatic carbocycles. The first-order chi connectivity index (χ1) is 4.73. The van der Waals surface area contributed by atoms with Gasteiger partial charge in [-0.3, -0.25) is 0 Å². The van der Waals surface area contributed by atoms with Gasteiger partial charge in [-0.25, -0.2) is 13.2 Å². The molecular formula is C3H3F3O4S. The lowest BCUT2D eigenvalue weighted by atomic mass is 11.5. The predicted octanol–water partition coefficient (Wildman–Crippen LogP) is 0.687. The van der Waals surface area contributed by atoms with Crippen LogP contribution >= 0.6 is 0 Å². The zero-order valence-corrected chi connectivity index (χ0v) is 5.99. The Morgan fingerprint density at radius 3 is 1.82 bits per heavy atom. The van der Waals surface area contributed by atoms with Gasteiger partial charge < -0.3 is 4.74 Å². The Hall–Kier alpha value is -0.790. The summed E-state index contributed by atoms with van der Waals surface area (Å²) in [6.07, 6.45) is 0. The van der Waals surface area contributed by atoms with Gasteiger partial charge in [-0.1, -0.05) is 0 Å². The van der Waals surface area contributed by atoms with Crippen molar-refractivity contribution >= 4 is 15.1 Å². The molecule has 0 aromatic rings. The Morgan fingerprint density at radius 2 is 1.73 bits per heavy atom. The second-order valence-corrected chi connectivity index (χ2v) is 3.21. The molecule has 11 heavy (non-hydrogen) atoms. The second kappa shape index (κ2) is 2.68. The van der Waals surface area contributed by atoms with E-state index in [1.165, 1.54) is 0 Å². The van der Waals surface area contributed by atoms with Crippen molar-refractivity contribution < 1.29 is 31.1 Å². The summed E-state index contributed by atoms with van der Waals surface area (Å²) in [4.78, 5) is 9.95. The topological polar surface area (TPSA) is 60.4 Å². The first-order valence-electron chi connectivity index (χ1n) is 2.13. The van der Waals surface area contributed by atoms with Crippen LogP contribution in [0.3, 0.4) is 0 Å². The minimum atomic E-state index is -5.79.